The average Bonchev–Trinajstić information content (AvgIpc) is 3.06. The summed E-state index contributed by atoms with van der Waals surface area (Å²) in [5.41, 5.74) is 1.25. The first kappa shape index (κ1) is 15.8. The van der Waals surface area contributed by atoms with E-state index in [9.17, 15) is 5.11 Å². The van der Waals surface area contributed by atoms with Gasteiger partial charge in [0.05, 0.1) is 18.4 Å². The summed E-state index contributed by atoms with van der Waals surface area (Å²) in [6.07, 6.45) is 0. The highest BCUT2D eigenvalue weighted by Crippen LogP contribution is 2.40. The van der Waals surface area contributed by atoms with E-state index in [1.54, 1.807) is 12.1 Å². The lowest BCUT2D eigenvalue weighted by atomic mass is 9.95. The Morgan fingerprint density at radius 1 is 1.16 bits per heavy atom. The molecule has 0 saturated heterocycles. The Hall–Kier alpha value is -2.73. The van der Waals surface area contributed by atoms with Crippen molar-refractivity contribution < 1.29 is 19.3 Å². The van der Waals surface area contributed by atoms with Crippen molar-refractivity contribution in [3.8, 4) is 23.0 Å². The first-order valence-electron chi connectivity index (χ1n) is 7.57. The summed E-state index contributed by atoms with van der Waals surface area (Å²) in [6.45, 7) is 0.195. The van der Waals surface area contributed by atoms with Gasteiger partial charge in [0.2, 0.25) is 6.79 Å². The molecular formula is C19H14BrNO4. The predicted octanol–water partition coefficient (Wildman–Crippen LogP) is 4.46. The quantitative estimate of drug-likeness (QED) is 0.637. The molecule has 25 heavy (non-hydrogen) atoms. The van der Waals surface area contributed by atoms with Crippen molar-refractivity contribution >= 4 is 32.4 Å². The molecule has 4 rings (SSSR count). The first-order chi connectivity index (χ1) is 12.1. The maximum absolute atomic E-state index is 10.5. The molecule has 0 aliphatic carbocycles. The zero-order chi connectivity index (χ0) is 17.6. The second kappa shape index (κ2) is 5.97. The van der Waals surface area contributed by atoms with Gasteiger partial charge in [0.1, 0.15) is 0 Å². The van der Waals surface area contributed by atoms with E-state index in [0.29, 0.717) is 32.8 Å². The van der Waals surface area contributed by atoms with Crippen LogP contribution in [0.25, 0.3) is 10.8 Å². The van der Waals surface area contributed by atoms with E-state index < -0.39 is 0 Å². The number of aromatic hydroxyl groups is 1. The molecule has 0 aromatic heterocycles. The van der Waals surface area contributed by atoms with Gasteiger partial charge >= 0.3 is 0 Å². The number of hydrogen-bond acceptors (Lipinski definition) is 5. The second-order valence-corrected chi connectivity index (χ2v) is 6.43. The Labute approximate surface area is 152 Å². The van der Waals surface area contributed by atoms with Crippen LogP contribution in [-0.4, -0.2) is 24.7 Å². The molecule has 0 bridgehead atoms. The molecular weight excluding hydrogens is 386 g/mol. The maximum atomic E-state index is 10.5. The molecule has 2 N–H and O–H groups in total. The summed E-state index contributed by atoms with van der Waals surface area (Å²) in [5.74, 6) is 1.60. The minimum atomic E-state index is -0.0698. The minimum Gasteiger partial charge on any atom is -0.504 e. The number of ether oxygens (including phenoxy) is 3. The molecule has 0 atom stereocenters. The lowest BCUT2D eigenvalue weighted by Crippen LogP contribution is -2.05. The van der Waals surface area contributed by atoms with E-state index in [4.69, 9.17) is 19.6 Å². The summed E-state index contributed by atoms with van der Waals surface area (Å²) in [7, 11) is 1.48. The molecule has 3 aromatic rings. The number of phenolic OH excluding ortho intramolecular Hbond substituents is 1. The smallest absolute Gasteiger partial charge is 0.231 e. The monoisotopic (exact) mass is 399 g/mol. The number of hydrogen-bond donors (Lipinski definition) is 2. The van der Waals surface area contributed by atoms with E-state index in [0.717, 1.165) is 10.8 Å². The Balaban J connectivity index is 1.92. The highest BCUT2D eigenvalue weighted by Gasteiger charge is 2.21. The van der Waals surface area contributed by atoms with Crippen LogP contribution in [0.2, 0.25) is 0 Å². The van der Waals surface area contributed by atoms with Crippen LogP contribution < -0.4 is 14.2 Å². The van der Waals surface area contributed by atoms with Crippen molar-refractivity contribution in [3.63, 3.8) is 0 Å². The number of phenols is 1. The van der Waals surface area contributed by atoms with Gasteiger partial charge in [-0.1, -0.05) is 18.2 Å². The summed E-state index contributed by atoms with van der Waals surface area (Å²) in [5, 5.41) is 21.0. The highest BCUT2D eigenvalue weighted by atomic mass is 79.9. The first-order valence-corrected chi connectivity index (χ1v) is 8.36. The minimum absolute atomic E-state index is 0.0698. The van der Waals surface area contributed by atoms with Crippen LogP contribution in [0.4, 0.5) is 0 Å². The number of fused-ring (bicyclic) bond motifs is 2. The summed E-state index contributed by atoms with van der Waals surface area (Å²) >= 11 is 3.42. The number of methoxy groups -OCH3 is 1. The summed E-state index contributed by atoms with van der Waals surface area (Å²) < 4.78 is 16.7. The zero-order valence-electron chi connectivity index (χ0n) is 13.3. The molecule has 0 saturated carbocycles. The topological polar surface area (TPSA) is 71.8 Å². The average molecular weight is 400 g/mol. The molecule has 126 valence electrons. The third-order valence-electron chi connectivity index (χ3n) is 4.20. The largest absolute Gasteiger partial charge is 0.504 e. The van der Waals surface area contributed by atoms with Crippen molar-refractivity contribution in [1.29, 1.82) is 5.41 Å². The van der Waals surface area contributed by atoms with E-state index >= 15 is 0 Å². The molecule has 5 nitrogen and oxygen atoms in total. The normalized spacial score (nSPS) is 12.4. The van der Waals surface area contributed by atoms with Crippen LogP contribution in [0.1, 0.15) is 11.1 Å². The molecule has 0 radical (unpaired) electrons. The predicted molar refractivity (Wildman–Crippen MR) is 98.4 cm³/mol. The number of rotatable bonds is 3. The summed E-state index contributed by atoms with van der Waals surface area (Å²) in [4.78, 5) is 0. The van der Waals surface area contributed by atoms with Gasteiger partial charge in [0.15, 0.2) is 23.0 Å². The maximum Gasteiger partial charge on any atom is 0.231 e. The van der Waals surface area contributed by atoms with Gasteiger partial charge in [-0.3, -0.25) is 5.41 Å². The molecule has 0 fully saturated rings. The molecule has 1 heterocycles. The Morgan fingerprint density at radius 2 is 1.92 bits per heavy atom. The van der Waals surface area contributed by atoms with E-state index in [1.165, 1.54) is 7.11 Å². The number of halogens is 1. The standard InChI is InChI=1S/C19H14BrNO4/c1-23-14-6-5-13(20)17(19(14)22)18(21)11-4-2-3-10-7-15-16(8-12(10)11)25-9-24-15/h2-8,21-22H,9H2,1H3. The van der Waals surface area contributed by atoms with Crippen molar-refractivity contribution in [1.82, 2.24) is 0 Å². The molecule has 0 unspecified atom stereocenters. The lowest BCUT2D eigenvalue weighted by Gasteiger charge is -2.14. The molecule has 1 aliphatic heterocycles. The Morgan fingerprint density at radius 3 is 2.68 bits per heavy atom. The SMILES string of the molecule is COc1ccc(Br)c(C(=N)c2cccc3cc4c(cc23)OCO4)c1O. The van der Waals surface area contributed by atoms with Crippen molar-refractivity contribution in [3.05, 3.63) is 58.1 Å². The van der Waals surface area contributed by atoms with Gasteiger partial charge in [0.25, 0.3) is 0 Å². The van der Waals surface area contributed by atoms with E-state index in [1.807, 2.05) is 30.3 Å². The summed E-state index contributed by atoms with van der Waals surface area (Å²) in [6, 6.07) is 12.8. The van der Waals surface area contributed by atoms with Crippen molar-refractivity contribution in [2.45, 2.75) is 0 Å². The van der Waals surface area contributed by atoms with Gasteiger partial charge < -0.3 is 19.3 Å². The molecule has 0 spiro atoms. The third kappa shape index (κ3) is 2.49. The molecule has 3 aromatic carbocycles. The van der Waals surface area contributed by atoms with E-state index in [2.05, 4.69) is 15.9 Å². The third-order valence-corrected chi connectivity index (χ3v) is 4.86. The van der Waals surface area contributed by atoms with Crippen LogP contribution in [0.3, 0.4) is 0 Å². The Bertz CT molecular complexity index is 1020. The van der Waals surface area contributed by atoms with Crippen molar-refractivity contribution in [2.24, 2.45) is 0 Å². The van der Waals surface area contributed by atoms with Crippen LogP contribution in [0, 0.1) is 5.41 Å². The molecule has 1 aliphatic rings. The molecule has 0 amide bonds. The fourth-order valence-corrected chi connectivity index (χ4v) is 3.49. The lowest BCUT2D eigenvalue weighted by molar-refractivity contribution is 0.174. The number of benzene rings is 3. The highest BCUT2D eigenvalue weighted by molar-refractivity contribution is 9.10. The fourth-order valence-electron chi connectivity index (χ4n) is 2.97. The van der Waals surface area contributed by atoms with Gasteiger partial charge in [-0.15, -0.1) is 0 Å². The van der Waals surface area contributed by atoms with Gasteiger partial charge in [-0.2, -0.15) is 0 Å². The van der Waals surface area contributed by atoms with Gasteiger partial charge in [-0.05, 0) is 51.0 Å². The van der Waals surface area contributed by atoms with Crippen LogP contribution in [-0.2, 0) is 0 Å². The van der Waals surface area contributed by atoms with Crippen LogP contribution in [0.15, 0.2) is 46.9 Å². The van der Waals surface area contributed by atoms with Gasteiger partial charge in [0, 0.05) is 10.0 Å². The zero-order valence-corrected chi connectivity index (χ0v) is 14.9. The van der Waals surface area contributed by atoms with Crippen molar-refractivity contribution in [2.75, 3.05) is 13.9 Å². The Kier molecular flexibility index (Phi) is 3.77. The van der Waals surface area contributed by atoms with Crippen LogP contribution >= 0.6 is 15.9 Å². The van der Waals surface area contributed by atoms with Crippen LogP contribution in [0.5, 0.6) is 23.0 Å². The number of nitrogens with one attached hydrogen (secondary N) is 1. The van der Waals surface area contributed by atoms with E-state index in [-0.39, 0.29) is 18.3 Å². The fraction of sp³-hybridized carbons (Fsp3) is 0.105. The second-order valence-electron chi connectivity index (χ2n) is 5.58. The molecule has 6 heteroatoms. The van der Waals surface area contributed by atoms with Gasteiger partial charge in [-0.25, -0.2) is 0 Å².